The lowest BCUT2D eigenvalue weighted by molar-refractivity contribution is -0.144. The van der Waals surface area contributed by atoms with E-state index >= 15 is 0 Å². The highest BCUT2D eigenvalue weighted by Crippen LogP contribution is 2.20. The van der Waals surface area contributed by atoms with Crippen LogP contribution < -0.4 is 60.2 Å². The van der Waals surface area contributed by atoms with Gasteiger partial charge < -0.3 is 75.3 Å². The van der Waals surface area contributed by atoms with Crippen molar-refractivity contribution in [1.29, 1.82) is 0 Å². The van der Waals surface area contributed by atoms with Crippen molar-refractivity contribution in [2.45, 2.75) is 133 Å². The number of amides is 8. The lowest BCUT2D eigenvalue weighted by Gasteiger charge is -2.27. The van der Waals surface area contributed by atoms with Crippen molar-refractivity contribution in [3.05, 3.63) is 60.2 Å². The number of guanidine groups is 1. The van der Waals surface area contributed by atoms with Crippen LogP contribution in [0, 0.1) is 5.92 Å². The number of hydrogen-bond donors (Lipinski definition) is 13. The highest BCUT2D eigenvalue weighted by molar-refractivity contribution is 5.98. The zero-order chi connectivity index (χ0) is 53.6. The quantitative estimate of drug-likeness (QED) is 0.0264. The molecule has 0 spiro atoms. The third kappa shape index (κ3) is 18.7. The summed E-state index contributed by atoms with van der Waals surface area (Å²) in [5.41, 5.74) is 23.5. The minimum absolute atomic E-state index is 0.00259. The summed E-state index contributed by atoms with van der Waals surface area (Å²) in [6.45, 7) is 2.68. The second-order valence-corrected chi connectivity index (χ2v) is 18.6. The van der Waals surface area contributed by atoms with Crippen molar-refractivity contribution in [3.8, 4) is 0 Å². The predicted octanol–water partition coefficient (Wildman–Crippen LogP) is -2.62. The van der Waals surface area contributed by atoms with Crippen molar-refractivity contribution in [1.82, 2.24) is 42.1 Å². The lowest BCUT2D eigenvalue weighted by atomic mass is 10.0. The van der Waals surface area contributed by atoms with Gasteiger partial charge in [0, 0.05) is 19.5 Å². The molecule has 2 aliphatic heterocycles. The van der Waals surface area contributed by atoms with E-state index in [1.54, 1.807) is 19.9 Å². The number of benzene rings is 2. The Hall–Kier alpha value is -7.18. The van der Waals surface area contributed by atoms with Gasteiger partial charge in [-0.25, -0.2) is 4.79 Å². The van der Waals surface area contributed by atoms with Crippen molar-refractivity contribution in [3.63, 3.8) is 0 Å². The van der Waals surface area contributed by atoms with Gasteiger partial charge >= 0.3 is 5.97 Å². The number of nitrogens with zero attached hydrogens (tertiary/aromatic N) is 2. The number of carbonyl (C=O) groups is 9. The zero-order valence-electron chi connectivity index (χ0n) is 41.5. The standard InChI is InChI=1S/C49H73N13O11/c1-28(2)23-36-45(69)61-38(27-63)46(70)58-34(14-6-5-13-32(51)41(65)56-35(44(68)59-36)16-9-21-54-49(52)53)43(67)57-33(15-7-8-20-50)42(66)55-26-40(64)62-22-10-17-39(62)47(71)60-37(48(72)73)25-29-18-19-30-11-3-4-12-31(30)24-29/h3-6,11-12,18-19,24,28,32-39,63H,7-10,13-17,20-23,25-27,50-51H2,1-2H3,(H,55,66)(H,56,65)(H,57,67)(H,58,70)(H,59,68)(H,60,71)(H,61,69)(H,72,73)(H4,52,53,54). The van der Waals surface area contributed by atoms with E-state index in [1.807, 2.05) is 36.4 Å². The Kier molecular flexibility index (Phi) is 23.5. The number of nitrogens with one attached hydrogen (secondary N) is 7. The van der Waals surface area contributed by atoms with Gasteiger partial charge in [-0.1, -0.05) is 68.5 Å². The van der Waals surface area contributed by atoms with Gasteiger partial charge in [0.05, 0.1) is 19.2 Å². The number of likely N-dealkylation sites (tertiary alicyclic amines) is 1. The molecule has 73 heavy (non-hydrogen) atoms. The molecule has 24 heteroatoms. The van der Waals surface area contributed by atoms with Crippen LogP contribution in [-0.2, 0) is 49.6 Å². The molecule has 8 amide bonds. The number of unbranched alkanes of at least 4 members (excludes halogenated alkanes) is 1. The van der Waals surface area contributed by atoms with Crippen LogP contribution in [-0.4, -0.2) is 155 Å². The third-order valence-corrected chi connectivity index (χ3v) is 12.4. The molecule has 2 aromatic rings. The Morgan fingerprint density at radius 3 is 2.15 bits per heavy atom. The number of carboxylic acids is 1. The molecule has 1 fully saturated rings. The SMILES string of the molecule is CC(C)CC1NC(=O)C(CCCN=C(N)N)NC(=O)C(N)CC=CCC(C(=O)NC(CCCCN)C(=O)NCC(=O)N2CCCC2C(=O)NC(Cc2ccc3ccccc3c2)C(=O)O)NC(=O)C(CO)NC1=O. The van der Waals surface area contributed by atoms with Crippen LogP contribution in [0.25, 0.3) is 10.8 Å². The summed E-state index contributed by atoms with van der Waals surface area (Å²) in [5, 5.41) is 40.2. The number of aliphatic carboxylic acids is 1. The van der Waals surface area contributed by atoms with E-state index in [1.165, 1.54) is 17.1 Å². The number of hydrogen-bond acceptors (Lipinski definition) is 13. The van der Waals surface area contributed by atoms with Crippen LogP contribution in [0.2, 0.25) is 0 Å². The van der Waals surface area contributed by atoms with Crippen molar-refractivity contribution in [2.24, 2.45) is 33.8 Å². The van der Waals surface area contributed by atoms with E-state index in [0.29, 0.717) is 24.8 Å². The third-order valence-electron chi connectivity index (χ3n) is 12.4. The summed E-state index contributed by atoms with van der Waals surface area (Å²) in [6.07, 6.45) is 4.66. The number of rotatable bonds is 21. The molecule has 0 aliphatic carbocycles. The number of carboxylic acid groups (broad SMARTS) is 1. The molecule has 8 atom stereocenters. The summed E-state index contributed by atoms with van der Waals surface area (Å²) >= 11 is 0. The predicted molar refractivity (Wildman–Crippen MR) is 270 cm³/mol. The maximum atomic E-state index is 14.1. The minimum atomic E-state index is -1.61. The zero-order valence-corrected chi connectivity index (χ0v) is 41.5. The second kappa shape index (κ2) is 29.4. The largest absolute Gasteiger partial charge is 0.480 e. The molecular weight excluding hydrogens is 947 g/mol. The molecule has 8 unspecified atom stereocenters. The fourth-order valence-corrected chi connectivity index (χ4v) is 8.41. The van der Waals surface area contributed by atoms with Crippen molar-refractivity contribution < 1.29 is 53.4 Å². The van der Waals surface area contributed by atoms with E-state index in [9.17, 15) is 53.4 Å². The molecule has 2 heterocycles. The first kappa shape index (κ1) is 58.4. The Labute approximate surface area is 424 Å². The molecule has 24 nitrogen and oxygen atoms in total. The summed E-state index contributed by atoms with van der Waals surface area (Å²) in [5.74, 6) is -7.70. The first-order valence-corrected chi connectivity index (χ1v) is 24.7. The summed E-state index contributed by atoms with van der Waals surface area (Å²) in [6, 6.07) is 2.92. The van der Waals surface area contributed by atoms with Gasteiger partial charge in [-0.05, 0) is 93.0 Å². The Balaban J connectivity index is 1.48. The monoisotopic (exact) mass is 1020 g/mol. The summed E-state index contributed by atoms with van der Waals surface area (Å²) in [4.78, 5) is 127. The minimum Gasteiger partial charge on any atom is -0.480 e. The normalized spacial score (nSPS) is 21.9. The molecule has 2 aromatic carbocycles. The fraction of sp³-hybridized carbons (Fsp3) is 0.551. The van der Waals surface area contributed by atoms with Gasteiger partial charge in [0.25, 0.3) is 0 Å². The molecule has 0 bridgehead atoms. The van der Waals surface area contributed by atoms with Gasteiger partial charge in [0.2, 0.25) is 47.3 Å². The molecule has 2 aliphatic rings. The summed E-state index contributed by atoms with van der Waals surface area (Å²) < 4.78 is 0. The maximum Gasteiger partial charge on any atom is 0.326 e. The van der Waals surface area contributed by atoms with Gasteiger partial charge in [-0.2, -0.15) is 0 Å². The molecule has 17 N–H and O–H groups in total. The van der Waals surface area contributed by atoms with Crippen LogP contribution in [0.5, 0.6) is 0 Å². The van der Waals surface area contributed by atoms with Gasteiger partial charge in [-0.3, -0.25) is 43.3 Å². The average molecular weight is 1020 g/mol. The van der Waals surface area contributed by atoms with E-state index in [4.69, 9.17) is 22.9 Å². The number of aliphatic hydroxyl groups excluding tert-OH is 1. The molecular formula is C49H73N13O11. The van der Waals surface area contributed by atoms with Crippen LogP contribution >= 0.6 is 0 Å². The average Bonchev–Trinajstić information content (AvgIpc) is 3.85. The molecule has 1 saturated heterocycles. The topological polar surface area (TPSA) is 398 Å². The molecule has 4 rings (SSSR count). The number of nitrogens with two attached hydrogens (primary N) is 4. The lowest BCUT2D eigenvalue weighted by Crippen LogP contribution is -2.60. The number of aliphatic hydroxyl groups is 1. The maximum absolute atomic E-state index is 14.1. The molecule has 400 valence electrons. The van der Waals surface area contributed by atoms with E-state index in [2.05, 4.69) is 42.2 Å². The van der Waals surface area contributed by atoms with Crippen LogP contribution in [0.1, 0.15) is 83.6 Å². The molecule has 0 aromatic heterocycles. The second-order valence-electron chi connectivity index (χ2n) is 18.6. The highest BCUT2D eigenvalue weighted by Gasteiger charge is 2.37. The molecule has 0 radical (unpaired) electrons. The van der Waals surface area contributed by atoms with Gasteiger partial charge in [0.1, 0.15) is 42.3 Å². The smallest absolute Gasteiger partial charge is 0.326 e. The number of carbonyl (C=O) groups excluding carboxylic acids is 8. The van der Waals surface area contributed by atoms with Gasteiger partial charge in [0.15, 0.2) is 5.96 Å². The van der Waals surface area contributed by atoms with E-state index < -0.39 is 115 Å². The van der Waals surface area contributed by atoms with Crippen LogP contribution in [0.15, 0.2) is 59.6 Å². The van der Waals surface area contributed by atoms with Crippen molar-refractivity contribution in [2.75, 3.05) is 32.8 Å². The van der Waals surface area contributed by atoms with E-state index in [0.717, 1.165) is 10.8 Å². The van der Waals surface area contributed by atoms with Crippen LogP contribution in [0.3, 0.4) is 0 Å². The Morgan fingerprint density at radius 2 is 1.47 bits per heavy atom. The van der Waals surface area contributed by atoms with Crippen molar-refractivity contribution >= 4 is 70.0 Å². The first-order valence-electron chi connectivity index (χ1n) is 24.7. The fourth-order valence-electron chi connectivity index (χ4n) is 8.41. The first-order chi connectivity index (χ1) is 34.8. The Morgan fingerprint density at radius 1 is 0.808 bits per heavy atom. The van der Waals surface area contributed by atoms with Gasteiger partial charge in [-0.15, -0.1) is 0 Å². The number of fused-ring (bicyclic) bond motifs is 1. The van der Waals surface area contributed by atoms with Crippen LogP contribution in [0.4, 0.5) is 0 Å². The number of aliphatic imine (C=N–C) groups is 1. The Bertz CT molecular complexity index is 2320. The molecule has 0 saturated carbocycles. The summed E-state index contributed by atoms with van der Waals surface area (Å²) in [7, 11) is 0. The highest BCUT2D eigenvalue weighted by atomic mass is 16.4. The van der Waals surface area contributed by atoms with E-state index in [-0.39, 0.29) is 82.9 Å².